The van der Waals surface area contributed by atoms with Gasteiger partial charge in [-0.05, 0) is 0 Å². The Morgan fingerprint density at radius 1 is 1.41 bits per heavy atom. The molecule has 17 heavy (non-hydrogen) atoms. The van der Waals surface area contributed by atoms with Crippen LogP contribution in [0.5, 0.6) is 0 Å². The Kier molecular flexibility index (Phi) is 5.72. The highest BCUT2D eigenvalue weighted by Gasteiger charge is 2.31. The van der Waals surface area contributed by atoms with Gasteiger partial charge in [0.15, 0.2) is 6.10 Å². The summed E-state index contributed by atoms with van der Waals surface area (Å²) in [5.74, 6) is -1.46. The predicted molar refractivity (Wildman–Crippen MR) is 50.3 cm³/mol. The molecule has 0 aliphatic rings. The van der Waals surface area contributed by atoms with Crippen LogP contribution in [0.4, 0.5) is 18.0 Å². The molecule has 100 valence electrons. The van der Waals surface area contributed by atoms with Gasteiger partial charge in [-0.2, -0.15) is 13.2 Å². The summed E-state index contributed by atoms with van der Waals surface area (Å²) in [7, 11) is 0.955. The average molecular weight is 258 g/mol. The van der Waals surface area contributed by atoms with Crippen LogP contribution in [0.3, 0.4) is 0 Å². The first-order valence-electron chi connectivity index (χ1n) is 4.60. The summed E-state index contributed by atoms with van der Waals surface area (Å²) < 4.78 is 35.6. The van der Waals surface area contributed by atoms with E-state index in [1.807, 2.05) is 0 Å². The van der Waals surface area contributed by atoms with Gasteiger partial charge in [-0.3, -0.25) is 0 Å². The summed E-state index contributed by atoms with van der Waals surface area (Å²) in [6, 6.07) is -0.986. The Morgan fingerprint density at radius 2 is 1.94 bits per heavy atom. The third-order valence-electron chi connectivity index (χ3n) is 1.74. The van der Waals surface area contributed by atoms with Gasteiger partial charge in [0.1, 0.15) is 6.54 Å². The van der Waals surface area contributed by atoms with Crippen LogP contribution in [-0.4, -0.2) is 59.5 Å². The van der Waals surface area contributed by atoms with Crippen molar-refractivity contribution in [2.24, 2.45) is 0 Å². The van der Waals surface area contributed by atoms with Gasteiger partial charge in [-0.25, -0.2) is 9.59 Å². The smallest absolute Gasteiger partial charge is 0.406 e. The molecule has 1 unspecified atom stereocenters. The van der Waals surface area contributed by atoms with Crippen molar-refractivity contribution in [1.82, 2.24) is 10.2 Å². The Morgan fingerprint density at radius 3 is 2.35 bits per heavy atom. The fourth-order valence-corrected chi connectivity index (χ4v) is 0.915. The molecule has 0 heterocycles. The maximum Gasteiger partial charge on any atom is 0.406 e. The molecular weight excluding hydrogens is 245 g/mol. The van der Waals surface area contributed by atoms with Crippen molar-refractivity contribution < 1.29 is 33.0 Å². The molecule has 0 aromatic heterocycles. The molecule has 0 bridgehead atoms. The largest absolute Gasteiger partial charge is 0.479 e. The first-order chi connectivity index (χ1) is 7.63. The third kappa shape index (κ3) is 7.39. The normalized spacial score (nSPS) is 13.0. The quantitative estimate of drug-likeness (QED) is 0.648. The van der Waals surface area contributed by atoms with Crippen LogP contribution in [0.1, 0.15) is 6.42 Å². The van der Waals surface area contributed by atoms with Crippen LogP contribution in [0, 0.1) is 0 Å². The Labute approximate surface area is 95.0 Å². The van der Waals surface area contributed by atoms with E-state index in [9.17, 15) is 22.8 Å². The average Bonchev–Trinajstić information content (AvgIpc) is 2.14. The van der Waals surface area contributed by atoms with E-state index < -0.39 is 30.8 Å². The predicted octanol–water partition coefficient (Wildman–Crippen LogP) is 0.0257. The zero-order valence-corrected chi connectivity index (χ0v) is 8.99. The lowest BCUT2D eigenvalue weighted by atomic mass is 10.2. The van der Waals surface area contributed by atoms with Crippen molar-refractivity contribution in [2.75, 3.05) is 20.1 Å². The molecule has 0 aromatic carbocycles. The van der Waals surface area contributed by atoms with E-state index >= 15 is 0 Å². The topological polar surface area (TPSA) is 89.9 Å². The third-order valence-corrected chi connectivity index (χ3v) is 1.74. The van der Waals surface area contributed by atoms with E-state index in [1.54, 1.807) is 0 Å². The molecule has 0 aliphatic heterocycles. The minimum Gasteiger partial charge on any atom is -0.479 e. The lowest BCUT2D eigenvalue weighted by Crippen LogP contribution is -2.43. The molecule has 0 radical (unpaired) electrons. The maximum atomic E-state index is 11.9. The number of carboxylic acid groups (broad SMARTS) is 1. The Balaban J connectivity index is 3.91. The van der Waals surface area contributed by atoms with Crippen molar-refractivity contribution >= 4 is 12.0 Å². The van der Waals surface area contributed by atoms with E-state index in [4.69, 9.17) is 10.2 Å². The van der Waals surface area contributed by atoms with Crippen molar-refractivity contribution in [2.45, 2.75) is 18.7 Å². The number of amides is 2. The summed E-state index contributed by atoms with van der Waals surface area (Å²) in [5, 5.41) is 19.2. The van der Waals surface area contributed by atoms with Crippen molar-refractivity contribution in [3.05, 3.63) is 0 Å². The lowest BCUT2D eigenvalue weighted by molar-refractivity contribution is -0.146. The Bertz CT molecular complexity index is 282. The molecule has 3 N–H and O–H groups in total. The number of nitrogens with one attached hydrogen (secondary N) is 1. The number of hydrogen-bond donors (Lipinski definition) is 3. The zero-order chi connectivity index (χ0) is 13.6. The molecule has 6 nitrogen and oxygen atoms in total. The molecule has 0 spiro atoms. The molecular formula is C8H13F3N2O4. The number of aliphatic hydroxyl groups excluding tert-OH is 1. The molecule has 9 heteroatoms. The second-order valence-electron chi connectivity index (χ2n) is 3.35. The van der Waals surface area contributed by atoms with Crippen molar-refractivity contribution in [3.63, 3.8) is 0 Å². The number of halogens is 3. The van der Waals surface area contributed by atoms with Crippen molar-refractivity contribution in [3.8, 4) is 0 Å². The highest BCUT2D eigenvalue weighted by molar-refractivity contribution is 5.74. The number of rotatable bonds is 5. The van der Waals surface area contributed by atoms with Crippen LogP contribution in [0.25, 0.3) is 0 Å². The number of carbonyl (C=O) groups excluding carboxylic acids is 1. The van der Waals surface area contributed by atoms with Crippen LogP contribution in [-0.2, 0) is 4.79 Å². The number of carboxylic acids is 1. The summed E-state index contributed by atoms with van der Waals surface area (Å²) in [5.41, 5.74) is 0. The summed E-state index contributed by atoms with van der Waals surface area (Å²) in [6.07, 6.45) is -6.42. The van der Waals surface area contributed by atoms with Gasteiger partial charge in [-0.15, -0.1) is 0 Å². The highest BCUT2D eigenvalue weighted by atomic mass is 19.4. The number of aliphatic hydroxyl groups is 1. The molecule has 0 aliphatic carbocycles. The van der Waals surface area contributed by atoms with Gasteiger partial charge in [0.2, 0.25) is 0 Å². The number of urea groups is 1. The Hall–Kier alpha value is -1.51. The van der Waals surface area contributed by atoms with Crippen LogP contribution < -0.4 is 5.32 Å². The van der Waals surface area contributed by atoms with E-state index in [0.717, 1.165) is 7.05 Å². The van der Waals surface area contributed by atoms with Gasteiger partial charge in [0.05, 0.1) is 0 Å². The highest BCUT2D eigenvalue weighted by Crippen LogP contribution is 2.15. The molecule has 0 saturated heterocycles. The van der Waals surface area contributed by atoms with E-state index in [2.05, 4.69) is 5.32 Å². The SMILES string of the molecule is CN(CC(F)(F)F)C(=O)NCCC(O)C(=O)O. The monoisotopic (exact) mass is 258 g/mol. The van der Waals surface area contributed by atoms with E-state index in [0.29, 0.717) is 4.90 Å². The molecule has 0 aromatic rings. The number of nitrogens with zero attached hydrogens (tertiary/aromatic N) is 1. The fourth-order valence-electron chi connectivity index (χ4n) is 0.915. The lowest BCUT2D eigenvalue weighted by Gasteiger charge is -2.19. The number of carbonyl (C=O) groups is 2. The fraction of sp³-hybridized carbons (Fsp3) is 0.750. The van der Waals surface area contributed by atoms with Gasteiger partial charge < -0.3 is 20.4 Å². The second kappa shape index (κ2) is 6.28. The van der Waals surface area contributed by atoms with Crippen LogP contribution >= 0.6 is 0 Å². The summed E-state index contributed by atoms with van der Waals surface area (Å²) in [6.45, 7) is -1.63. The van der Waals surface area contributed by atoms with Crippen LogP contribution in [0.2, 0.25) is 0 Å². The minimum absolute atomic E-state index is 0.228. The molecule has 1 atom stereocenters. The van der Waals surface area contributed by atoms with Gasteiger partial charge in [0.25, 0.3) is 0 Å². The van der Waals surface area contributed by atoms with E-state index in [1.165, 1.54) is 0 Å². The first-order valence-corrected chi connectivity index (χ1v) is 4.60. The maximum absolute atomic E-state index is 11.9. The minimum atomic E-state index is -4.49. The zero-order valence-electron chi connectivity index (χ0n) is 8.99. The number of aliphatic carboxylic acids is 1. The van der Waals surface area contributed by atoms with Gasteiger partial charge in [0, 0.05) is 20.0 Å². The number of hydrogen-bond acceptors (Lipinski definition) is 3. The first kappa shape index (κ1) is 15.5. The second-order valence-corrected chi connectivity index (χ2v) is 3.35. The van der Waals surface area contributed by atoms with Crippen molar-refractivity contribution in [1.29, 1.82) is 0 Å². The molecule has 2 amide bonds. The van der Waals surface area contributed by atoms with Crippen LogP contribution in [0.15, 0.2) is 0 Å². The molecule has 0 saturated carbocycles. The standard InChI is InChI=1S/C8H13F3N2O4/c1-13(4-8(9,10)11)7(17)12-3-2-5(14)6(15)16/h5,14H,2-4H2,1H3,(H,12,17)(H,15,16). The number of alkyl halides is 3. The molecule has 0 fully saturated rings. The summed E-state index contributed by atoms with van der Waals surface area (Å²) >= 11 is 0. The van der Waals surface area contributed by atoms with E-state index in [-0.39, 0.29) is 13.0 Å². The van der Waals surface area contributed by atoms with Gasteiger partial charge in [-0.1, -0.05) is 0 Å². The molecule has 0 rings (SSSR count). The van der Waals surface area contributed by atoms with Gasteiger partial charge >= 0.3 is 18.2 Å². The summed E-state index contributed by atoms with van der Waals surface area (Å²) in [4.78, 5) is 21.6.